The average Bonchev–Trinajstić information content (AvgIpc) is 3.25. The van der Waals surface area contributed by atoms with Crippen molar-refractivity contribution in [3.8, 4) is 5.75 Å². The Morgan fingerprint density at radius 1 is 1.35 bits per heavy atom. The number of carboxylic acid groups (broad SMARTS) is 1. The number of hydrogen-bond acceptors (Lipinski definition) is 3. The Morgan fingerprint density at radius 2 is 2.00 bits per heavy atom. The van der Waals surface area contributed by atoms with Crippen molar-refractivity contribution in [1.29, 1.82) is 0 Å². The van der Waals surface area contributed by atoms with Crippen molar-refractivity contribution in [3.05, 3.63) is 29.8 Å². The second-order valence-corrected chi connectivity index (χ2v) is 5.00. The van der Waals surface area contributed by atoms with E-state index in [0.29, 0.717) is 12.3 Å². The van der Waals surface area contributed by atoms with Crippen LogP contribution in [0, 0.1) is 0 Å². The molecule has 20 heavy (non-hydrogen) atoms. The Hall–Kier alpha value is -2.04. The number of amides is 1. The Balaban J connectivity index is 2.30. The molecule has 0 saturated heterocycles. The van der Waals surface area contributed by atoms with E-state index in [-0.39, 0.29) is 12.5 Å². The van der Waals surface area contributed by atoms with Gasteiger partial charge < -0.3 is 14.7 Å². The number of benzene rings is 1. The molecule has 0 atom stereocenters. The fraction of sp³-hybridized carbons (Fsp3) is 0.467. The van der Waals surface area contributed by atoms with Crippen LogP contribution in [-0.4, -0.2) is 42.1 Å². The minimum atomic E-state index is -0.990. The van der Waals surface area contributed by atoms with Crippen molar-refractivity contribution >= 4 is 11.9 Å². The molecule has 2 rings (SSSR count). The molecule has 1 aliphatic carbocycles. The van der Waals surface area contributed by atoms with Crippen molar-refractivity contribution in [2.75, 3.05) is 20.2 Å². The van der Waals surface area contributed by atoms with Crippen LogP contribution in [0.15, 0.2) is 24.3 Å². The van der Waals surface area contributed by atoms with Gasteiger partial charge in [-0.2, -0.15) is 0 Å². The van der Waals surface area contributed by atoms with Gasteiger partial charge in [-0.3, -0.25) is 9.59 Å². The highest BCUT2D eigenvalue weighted by Crippen LogP contribution is 2.52. The van der Waals surface area contributed by atoms with Gasteiger partial charge in [0.15, 0.2) is 0 Å². The highest BCUT2D eigenvalue weighted by atomic mass is 16.5. The van der Waals surface area contributed by atoms with E-state index < -0.39 is 11.4 Å². The van der Waals surface area contributed by atoms with Gasteiger partial charge in [-0.1, -0.05) is 18.2 Å². The maximum Gasteiger partial charge on any atom is 0.323 e. The lowest BCUT2D eigenvalue weighted by Crippen LogP contribution is -2.42. The second kappa shape index (κ2) is 5.53. The molecule has 0 unspecified atom stereocenters. The van der Waals surface area contributed by atoms with Gasteiger partial charge in [0, 0.05) is 12.1 Å². The summed E-state index contributed by atoms with van der Waals surface area (Å²) in [6.07, 6.45) is 1.48. The fourth-order valence-corrected chi connectivity index (χ4v) is 2.56. The largest absolute Gasteiger partial charge is 0.496 e. The molecule has 1 fully saturated rings. The first-order valence-electron chi connectivity index (χ1n) is 6.70. The number of nitrogens with zero attached hydrogens (tertiary/aromatic N) is 1. The van der Waals surface area contributed by atoms with Crippen LogP contribution in [0.3, 0.4) is 0 Å². The van der Waals surface area contributed by atoms with Gasteiger partial charge in [0.05, 0.1) is 12.5 Å². The fourth-order valence-electron chi connectivity index (χ4n) is 2.56. The van der Waals surface area contributed by atoms with E-state index in [1.807, 2.05) is 24.3 Å². The normalized spacial score (nSPS) is 15.5. The predicted octanol–water partition coefficient (Wildman–Crippen LogP) is 1.66. The maximum atomic E-state index is 12.7. The summed E-state index contributed by atoms with van der Waals surface area (Å²) < 4.78 is 5.33. The van der Waals surface area contributed by atoms with Crippen LogP contribution in [0.4, 0.5) is 0 Å². The summed E-state index contributed by atoms with van der Waals surface area (Å²) in [5.41, 5.74) is 0.259. The lowest BCUT2D eigenvalue weighted by Gasteiger charge is -2.26. The van der Waals surface area contributed by atoms with E-state index in [2.05, 4.69) is 0 Å². The van der Waals surface area contributed by atoms with E-state index in [4.69, 9.17) is 9.84 Å². The molecular weight excluding hydrogens is 258 g/mol. The van der Waals surface area contributed by atoms with Crippen LogP contribution in [0.25, 0.3) is 0 Å². The minimum absolute atomic E-state index is 0.119. The third-order valence-corrected chi connectivity index (χ3v) is 3.78. The first-order valence-corrected chi connectivity index (χ1v) is 6.70. The zero-order chi connectivity index (χ0) is 14.8. The van der Waals surface area contributed by atoms with Crippen LogP contribution in [0.1, 0.15) is 25.3 Å². The molecule has 5 nitrogen and oxygen atoms in total. The number of likely N-dealkylation sites (N-methyl/N-ethyl adjacent to an activating group) is 1. The van der Waals surface area contributed by atoms with Crippen molar-refractivity contribution in [1.82, 2.24) is 4.90 Å². The summed E-state index contributed by atoms with van der Waals surface area (Å²) in [6.45, 7) is 1.92. The number of ether oxygens (including phenoxy) is 1. The average molecular weight is 277 g/mol. The zero-order valence-corrected chi connectivity index (χ0v) is 11.8. The number of carbonyl (C=O) groups is 2. The van der Waals surface area contributed by atoms with Crippen molar-refractivity contribution in [2.45, 2.75) is 25.2 Å². The van der Waals surface area contributed by atoms with E-state index >= 15 is 0 Å². The molecule has 0 aliphatic heterocycles. The molecule has 0 aromatic heterocycles. The summed E-state index contributed by atoms with van der Waals surface area (Å²) >= 11 is 0. The summed E-state index contributed by atoms with van der Waals surface area (Å²) in [5.74, 6) is -0.423. The van der Waals surface area contributed by atoms with Gasteiger partial charge >= 0.3 is 5.97 Å². The molecular formula is C15H19NO4. The van der Waals surface area contributed by atoms with Crippen LogP contribution < -0.4 is 4.74 Å². The molecule has 1 N–H and O–H groups in total. The number of para-hydroxylation sites is 1. The quantitative estimate of drug-likeness (QED) is 0.858. The first-order chi connectivity index (χ1) is 9.55. The van der Waals surface area contributed by atoms with Crippen molar-refractivity contribution in [3.63, 3.8) is 0 Å². The molecule has 0 spiro atoms. The van der Waals surface area contributed by atoms with Crippen LogP contribution in [0.2, 0.25) is 0 Å². The molecule has 1 aliphatic rings. The van der Waals surface area contributed by atoms with Gasteiger partial charge in [0.2, 0.25) is 5.91 Å². The monoisotopic (exact) mass is 277 g/mol. The number of carboxylic acids is 1. The topological polar surface area (TPSA) is 66.8 Å². The van der Waals surface area contributed by atoms with E-state index in [1.165, 1.54) is 4.90 Å². The molecule has 0 heterocycles. The van der Waals surface area contributed by atoms with Crippen LogP contribution >= 0.6 is 0 Å². The summed E-state index contributed by atoms with van der Waals surface area (Å²) in [6, 6.07) is 7.45. The summed E-state index contributed by atoms with van der Waals surface area (Å²) in [7, 11) is 1.58. The molecule has 1 aromatic rings. The number of hydrogen-bond donors (Lipinski definition) is 1. The highest BCUT2D eigenvalue weighted by molar-refractivity contribution is 5.93. The van der Waals surface area contributed by atoms with Gasteiger partial charge in [-0.15, -0.1) is 0 Å². The zero-order valence-electron chi connectivity index (χ0n) is 11.8. The number of rotatable bonds is 6. The van der Waals surface area contributed by atoms with Gasteiger partial charge in [-0.05, 0) is 25.8 Å². The van der Waals surface area contributed by atoms with Gasteiger partial charge in [0.1, 0.15) is 12.3 Å². The predicted molar refractivity (Wildman–Crippen MR) is 73.8 cm³/mol. The molecule has 1 saturated carbocycles. The Morgan fingerprint density at radius 3 is 2.50 bits per heavy atom. The Labute approximate surface area is 118 Å². The van der Waals surface area contributed by atoms with E-state index in [0.717, 1.165) is 18.4 Å². The third-order valence-electron chi connectivity index (χ3n) is 3.78. The molecule has 1 amide bonds. The standard InChI is InChI=1S/C15H19NO4/c1-3-16(10-13(17)18)14(19)15(8-9-15)11-6-4-5-7-12(11)20-2/h4-7H,3,8-10H2,1-2H3,(H,17,18). The highest BCUT2D eigenvalue weighted by Gasteiger charge is 2.54. The number of aliphatic carboxylic acids is 1. The molecule has 108 valence electrons. The van der Waals surface area contributed by atoms with Crippen molar-refractivity contribution in [2.24, 2.45) is 0 Å². The summed E-state index contributed by atoms with van der Waals surface area (Å²) in [4.78, 5) is 24.9. The third kappa shape index (κ3) is 2.48. The SMILES string of the molecule is CCN(CC(=O)O)C(=O)C1(c2ccccc2OC)CC1. The van der Waals surface area contributed by atoms with E-state index in [1.54, 1.807) is 14.0 Å². The minimum Gasteiger partial charge on any atom is -0.496 e. The van der Waals surface area contributed by atoms with Gasteiger partial charge in [0.25, 0.3) is 0 Å². The Kier molecular flexibility index (Phi) is 3.97. The molecule has 1 aromatic carbocycles. The van der Waals surface area contributed by atoms with Crippen LogP contribution in [-0.2, 0) is 15.0 Å². The lowest BCUT2D eigenvalue weighted by atomic mass is 9.93. The smallest absolute Gasteiger partial charge is 0.323 e. The molecule has 0 radical (unpaired) electrons. The Bertz CT molecular complexity index is 522. The first kappa shape index (κ1) is 14.4. The maximum absolute atomic E-state index is 12.7. The second-order valence-electron chi connectivity index (χ2n) is 5.00. The van der Waals surface area contributed by atoms with Crippen LogP contribution in [0.5, 0.6) is 5.75 Å². The van der Waals surface area contributed by atoms with E-state index in [9.17, 15) is 9.59 Å². The number of carbonyl (C=O) groups excluding carboxylic acids is 1. The van der Waals surface area contributed by atoms with Gasteiger partial charge in [-0.25, -0.2) is 0 Å². The summed E-state index contributed by atoms with van der Waals surface area (Å²) in [5, 5.41) is 8.90. The van der Waals surface area contributed by atoms with Crippen molar-refractivity contribution < 1.29 is 19.4 Å². The molecule has 0 bridgehead atoms. The molecule has 5 heteroatoms. The number of methoxy groups -OCH3 is 1. The lowest BCUT2D eigenvalue weighted by molar-refractivity contribution is -0.145.